The molecule has 8 rings (SSSR count). The zero-order valence-electron chi connectivity index (χ0n) is 20.5. The van der Waals surface area contributed by atoms with Gasteiger partial charge in [-0.15, -0.1) is 11.3 Å². The highest BCUT2D eigenvalue weighted by Gasteiger charge is 2.22. The van der Waals surface area contributed by atoms with Crippen LogP contribution in [0.3, 0.4) is 0 Å². The molecule has 0 unspecified atom stereocenters. The molecule has 0 amide bonds. The normalized spacial score (nSPS) is 11.7. The summed E-state index contributed by atoms with van der Waals surface area (Å²) in [6, 6.07) is 45.6. The fourth-order valence-corrected chi connectivity index (χ4v) is 7.03. The molecule has 0 fully saturated rings. The zero-order chi connectivity index (χ0) is 25.1. The first-order chi connectivity index (χ1) is 18.9. The third-order valence-electron chi connectivity index (χ3n) is 7.44. The number of pyridine rings is 1. The van der Waals surface area contributed by atoms with Crippen molar-refractivity contribution in [1.82, 2.24) is 9.55 Å². The van der Waals surface area contributed by atoms with Crippen molar-refractivity contribution in [2.45, 2.75) is 0 Å². The topological polar surface area (TPSA) is 17.8 Å². The quantitative estimate of drug-likeness (QED) is 0.235. The van der Waals surface area contributed by atoms with E-state index in [1.165, 1.54) is 64.4 Å². The molecule has 3 heteroatoms. The number of fused-ring (bicyclic) bond motifs is 7. The van der Waals surface area contributed by atoms with E-state index in [-0.39, 0.29) is 0 Å². The molecule has 8 aromatic rings. The number of thiophene rings is 1. The number of nitrogens with zero attached hydrogens (tertiary/aromatic N) is 2. The average Bonchev–Trinajstić information content (AvgIpc) is 3.54. The molecule has 0 atom stereocenters. The summed E-state index contributed by atoms with van der Waals surface area (Å²) in [6.07, 6.45) is 1.89. The van der Waals surface area contributed by atoms with Crippen LogP contribution in [0.1, 0.15) is 0 Å². The number of hydrogen-bond donors (Lipinski definition) is 0. The lowest BCUT2D eigenvalue weighted by Gasteiger charge is -2.10. The van der Waals surface area contributed by atoms with Crippen LogP contribution in [-0.4, -0.2) is 9.55 Å². The Balaban J connectivity index is 1.60. The first-order valence-corrected chi connectivity index (χ1v) is 13.6. The zero-order valence-corrected chi connectivity index (χ0v) is 21.3. The lowest BCUT2D eigenvalue weighted by atomic mass is 9.98. The van der Waals surface area contributed by atoms with E-state index in [4.69, 9.17) is 4.98 Å². The summed E-state index contributed by atoms with van der Waals surface area (Å²) in [6.45, 7) is 0. The molecule has 0 aliphatic heterocycles. The number of benzene rings is 5. The molecule has 0 saturated heterocycles. The maximum Gasteiger partial charge on any atom is 0.0720 e. The summed E-state index contributed by atoms with van der Waals surface area (Å²) >= 11 is 1.88. The van der Waals surface area contributed by atoms with Gasteiger partial charge >= 0.3 is 0 Å². The molecule has 3 heterocycles. The van der Waals surface area contributed by atoms with E-state index in [0.717, 1.165) is 5.69 Å². The van der Waals surface area contributed by atoms with Gasteiger partial charge in [-0.05, 0) is 59.7 Å². The van der Waals surface area contributed by atoms with Crippen LogP contribution in [0.5, 0.6) is 0 Å². The van der Waals surface area contributed by atoms with Crippen LogP contribution in [0.4, 0.5) is 0 Å². The highest BCUT2D eigenvalue weighted by molar-refractivity contribution is 7.26. The molecule has 0 aliphatic carbocycles. The van der Waals surface area contributed by atoms with E-state index < -0.39 is 0 Å². The molecule has 0 aliphatic rings. The summed E-state index contributed by atoms with van der Waals surface area (Å²) < 4.78 is 5.03. The summed E-state index contributed by atoms with van der Waals surface area (Å²) in [4.78, 5) is 4.80. The lowest BCUT2D eigenvalue weighted by Crippen LogP contribution is -1.94. The standard InChI is InChI=1S/C35H22N2S/c1-3-11-23(12-4-1)24-18-19-31-27(21-24)28-22-29(30-16-9-10-20-36-30)33-26-15-7-8-17-32(26)38-35(33)34(28)37(31)25-13-5-2-6-14-25/h1-22H. The van der Waals surface area contributed by atoms with Crippen molar-refractivity contribution in [2.75, 3.05) is 0 Å². The van der Waals surface area contributed by atoms with Crippen LogP contribution in [0, 0.1) is 0 Å². The number of rotatable bonds is 3. The molecule has 0 radical (unpaired) electrons. The molecular weight excluding hydrogens is 480 g/mol. The van der Waals surface area contributed by atoms with E-state index in [9.17, 15) is 0 Å². The van der Waals surface area contributed by atoms with E-state index >= 15 is 0 Å². The van der Waals surface area contributed by atoms with Gasteiger partial charge in [-0.1, -0.05) is 78.9 Å². The van der Waals surface area contributed by atoms with Crippen molar-refractivity contribution in [3.63, 3.8) is 0 Å². The first-order valence-electron chi connectivity index (χ1n) is 12.8. The van der Waals surface area contributed by atoms with Gasteiger partial charge in [0.15, 0.2) is 0 Å². The number of para-hydroxylation sites is 1. The molecule has 0 spiro atoms. The Labute approximate surface area is 224 Å². The van der Waals surface area contributed by atoms with Crippen molar-refractivity contribution < 1.29 is 0 Å². The molecule has 0 bridgehead atoms. The maximum absolute atomic E-state index is 4.80. The molecular formula is C35H22N2S. The fourth-order valence-electron chi connectivity index (χ4n) is 5.76. The minimum Gasteiger partial charge on any atom is -0.308 e. The first kappa shape index (κ1) is 21.4. The van der Waals surface area contributed by atoms with Crippen LogP contribution < -0.4 is 0 Å². The lowest BCUT2D eigenvalue weighted by molar-refractivity contribution is 1.19. The van der Waals surface area contributed by atoms with Gasteiger partial charge in [0.05, 0.1) is 21.4 Å². The van der Waals surface area contributed by atoms with Crippen molar-refractivity contribution in [1.29, 1.82) is 0 Å². The van der Waals surface area contributed by atoms with Gasteiger partial charge in [-0.3, -0.25) is 4.98 Å². The van der Waals surface area contributed by atoms with E-state index in [0.29, 0.717) is 0 Å². The van der Waals surface area contributed by atoms with Crippen molar-refractivity contribution in [3.05, 3.63) is 134 Å². The Morgan fingerprint density at radius 1 is 0.579 bits per heavy atom. The predicted molar refractivity (Wildman–Crippen MR) is 162 cm³/mol. The predicted octanol–water partition coefficient (Wildman–Crippen LogP) is 9.88. The van der Waals surface area contributed by atoms with Gasteiger partial charge in [0.25, 0.3) is 0 Å². The van der Waals surface area contributed by atoms with Crippen LogP contribution in [0.2, 0.25) is 0 Å². The van der Waals surface area contributed by atoms with Gasteiger partial charge in [0.1, 0.15) is 0 Å². The molecule has 0 saturated carbocycles. The minimum absolute atomic E-state index is 1.00. The molecule has 5 aromatic carbocycles. The van der Waals surface area contributed by atoms with E-state index in [1.807, 2.05) is 23.6 Å². The van der Waals surface area contributed by atoms with Crippen LogP contribution >= 0.6 is 11.3 Å². The van der Waals surface area contributed by atoms with E-state index in [1.54, 1.807) is 0 Å². The Bertz CT molecular complexity index is 2100. The van der Waals surface area contributed by atoms with Gasteiger partial charge in [0, 0.05) is 43.7 Å². The Hall–Kier alpha value is -4.73. The summed E-state index contributed by atoms with van der Waals surface area (Å²) in [5.41, 5.74) is 8.27. The Kier molecular flexibility index (Phi) is 4.73. The van der Waals surface area contributed by atoms with Crippen LogP contribution in [0.15, 0.2) is 134 Å². The van der Waals surface area contributed by atoms with Gasteiger partial charge in [-0.2, -0.15) is 0 Å². The smallest absolute Gasteiger partial charge is 0.0720 e. The second-order valence-electron chi connectivity index (χ2n) is 9.61. The summed E-state index contributed by atoms with van der Waals surface area (Å²) in [7, 11) is 0. The third-order valence-corrected chi connectivity index (χ3v) is 8.61. The maximum atomic E-state index is 4.80. The van der Waals surface area contributed by atoms with E-state index in [2.05, 4.69) is 126 Å². The van der Waals surface area contributed by atoms with Crippen molar-refractivity contribution >= 4 is 53.3 Å². The molecule has 0 N–H and O–H groups in total. The molecule has 38 heavy (non-hydrogen) atoms. The highest BCUT2D eigenvalue weighted by Crippen LogP contribution is 2.47. The Morgan fingerprint density at radius 3 is 2.16 bits per heavy atom. The number of hydrogen-bond acceptors (Lipinski definition) is 2. The van der Waals surface area contributed by atoms with Gasteiger partial charge < -0.3 is 4.57 Å². The average molecular weight is 503 g/mol. The SMILES string of the molecule is c1ccc(-c2ccc3c(c2)c2cc(-c4ccccn4)c4c5ccccc5sc4c2n3-c2ccccc2)cc1. The summed E-state index contributed by atoms with van der Waals surface area (Å²) in [5.74, 6) is 0. The molecule has 178 valence electrons. The fraction of sp³-hybridized carbons (Fsp3) is 0. The minimum atomic E-state index is 1.00. The van der Waals surface area contributed by atoms with Crippen molar-refractivity contribution in [2.24, 2.45) is 0 Å². The van der Waals surface area contributed by atoms with Gasteiger partial charge in [0.2, 0.25) is 0 Å². The van der Waals surface area contributed by atoms with Crippen LogP contribution in [0.25, 0.3) is 70.0 Å². The number of aromatic nitrogens is 2. The second-order valence-corrected chi connectivity index (χ2v) is 10.7. The van der Waals surface area contributed by atoms with Crippen molar-refractivity contribution in [3.8, 4) is 28.1 Å². The monoisotopic (exact) mass is 502 g/mol. The largest absolute Gasteiger partial charge is 0.308 e. The Morgan fingerprint density at radius 2 is 1.34 bits per heavy atom. The molecule has 3 aromatic heterocycles. The summed E-state index contributed by atoms with van der Waals surface area (Å²) in [5, 5.41) is 5.06. The third kappa shape index (κ3) is 3.16. The molecule has 2 nitrogen and oxygen atoms in total. The van der Waals surface area contributed by atoms with Gasteiger partial charge in [-0.25, -0.2) is 0 Å². The van der Waals surface area contributed by atoms with Crippen LogP contribution in [-0.2, 0) is 0 Å². The second kappa shape index (κ2) is 8.41. The highest BCUT2D eigenvalue weighted by atomic mass is 32.1.